The Morgan fingerprint density at radius 2 is 2.07 bits per heavy atom. The van der Waals surface area contributed by atoms with Crippen molar-refractivity contribution in [1.29, 1.82) is 0 Å². The third kappa shape index (κ3) is 6.37. The number of allylic oxidation sites excluding steroid dienone is 3. The summed E-state index contributed by atoms with van der Waals surface area (Å²) in [5, 5.41) is 0.378. The van der Waals surface area contributed by atoms with Gasteiger partial charge in [0.15, 0.2) is 0 Å². The number of carbonyl (C=O) groups excluding carboxylic acids is 1. The lowest BCUT2D eigenvalue weighted by Gasteiger charge is -2.39. The molecule has 1 aliphatic rings. The molecule has 1 heterocycles. The molecule has 0 saturated carbocycles. The van der Waals surface area contributed by atoms with Gasteiger partial charge in [0.1, 0.15) is 0 Å². The second-order valence-electron chi connectivity index (χ2n) is 7.16. The van der Waals surface area contributed by atoms with E-state index in [1.165, 1.54) is 10.4 Å². The van der Waals surface area contributed by atoms with Crippen LogP contribution in [-0.4, -0.2) is 54.5 Å². The first-order valence-electron chi connectivity index (χ1n) is 9.06. The summed E-state index contributed by atoms with van der Waals surface area (Å²) >= 11 is 5.91. The van der Waals surface area contributed by atoms with Gasteiger partial charge in [-0.15, -0.1) is 6.42 Å². The second-order valence-corrected chi connectivity index (χ2v) is 9.73. The molecule has 154 valence electrons. The molecule has 1 fully saturated rings. The highest BCUT2D eigenvalue weighted by Crippen LogP contribution is 2.26. The Labute approximate surface area is 174 Å². The first-order valence-corrected chi connectivity index (χ1v) is 11.1. The molecular weight excluding hydrogens is 396 g/mol. The van der Waals surface area contributed by atoms with Gasteiger partial charge in [-0.1, -0.05) is 36.3 Å². The van der Waals surface area contributed by atoms with E-state index < -0.39 is 15.6 Å². The number of halogens is 1. The first kappa shape index (κ1) is 24.2. The van der Waals surface area contributed by atoms with Gasteiger partial charge in [0.2, 0.25) is 15.9 Å². The SMILES string of the molecule is C#C/C(=C\CN(C(=O)/C=C/C)C(C)(C)/C(C)=C/C(=C)Cl)CN1CCCS1(=O)=O. The minimum atomic E-state index is -3.24. The molecule has 0 aromatic heterocycles. The Balaban J connectivity index is 3.15. The maximum atomic E-state index is 12.7. The van der Waals surface area contributed by atoms with Crippen molar-refractivity contribution in [1.82, 2.24) is 9.21 Å². The van der Waals surface area contributed by atoms with E-state index in [0.717, 1.165) is 5.57 Å². The largest absolute Gasteiger partial charge is 0.327 e. The summed E-state index contributed by atoms with van der Waals surface area (Å²) in [6, 6.07) is 0. The smallest absolute Gasteiger partial charge is 0.247 e. The average molecular weight is 425 g/mol. The summed E-state index contributed by atoms with van der Waals surface area (Å²) in [5.41, 5.74) is 0.746. The number of terminal acetylenes is 1. The molecule has 0 radical (unpaired) electrons. The van der Waals surface area contributed by atoms with Gasteiger partial charge < -0.3 is 4.90 Å². The Morgan fingerprint density at radius 1 is 1.43 bits per heavy atom. The van der Waals surface area contributed by atoms with E-state index in [-0.39, 0.29) is 24.7 Å². The summed E-state index contributed by atoms with van der Waals surface area (Å²) in [6.45, 7) is 12.0. The van der Waals surface area contributed by atoms with Crippen LogP contribution in [-0.2, 0) is 14.8 Å². The number of hydrogen-bond acceptors (Lipinski definition) is 3. The van der Waals surface area contributed by atoms with E-state index >= 15 is 0 Å². The van der Waals surface area contributed by atoms with Crippen molar-refractivity contribution in [3.05, 3.63) is 47.1 Å². The van der Waals surface area contributed by atoms with Gasteiger partial charge in [-0.05, 0) is 51.8 Å². The van der Waals surface area contributed by atoms with E-state index in [0.29, 0.717) is 23.6 Å². The zero-order valence-electron chi connectivity index (χ0n) is 17.0. The first-order chi connectivity index (χ1) is 13.0. The van der Waals surface area contributed by atoms with Gasteiger partial charge in [0.25, 0.3) is 0 Å². The highest BCUT2D eigenvalue weighted by atomic mass is 35.5. The van der Waals surface area contributed by atoms with Crippen LogP contribution >= 0.6 is 11.6 Å². The van der Waals surface area contributed by atoms with Crippen molar-refractivity contribution < 1.29 is 13.2 Å². The van der Waals surface area contributed by atoms with Crippen molar-refractivity contribution >= 4 is 27.5 Å². The molecule has 0 bridgehead atoms. The third-order valence-electron chi connectivity index (χ3n) is 4.84. The number of nitrogens with zero attached hydrogens (tertiary/aromatic N) is 2. The molecule has 0 aliphatic carbocycles. The minimum absolute atomic E-state index is 0.149. The number of sulfonamides is 1. The van der Waals surface area contributed by atoms with Crippen LogP contribution in [0.2, 0.25) is 0 Å². The fourth-order valence-corrected chi connectivity index (χ4v) is 4.54. The quantitative estimate of drug-likeness (QED) is 0.340. The zero-order valence-corrected chi connectivity index (χ0v) is 18.6. The van der Waals surface area contributed by atoms with E-state index in [4.69, 9.17) is 18.0 Å². The third-order valence-corrected chi connectivity index (χ3v) is 6.86. The van der Waals surface area contributed by atoms with Crippen LogP contribution in [0, 0.1) is 12.3 Å². The maximum Gasteiger partial charge on any atom is 0.247 e. The van der Waals surface area contributed by atoms with Crippen molar-refractivity contribution in [2.24, 2.45) is 0 Å². The number of hydrogen-bond donors (Lipinski definition) is 0. The molecule has 1 amide bonds. The van der Waals surface area contributed by atoms with Crippen molar-refractivity contribution in [3.8, 4) is 12.3 Å². The fraction of sp³-hybridized carbons (Fsp3) is 0.476. The predicted molar refractivity (Wildman–Crippen MR) is 116 cm³/mol. The van der Waals surface area contributed by atoms with E-state index in [1.54, 1.807) is 30.1 Å². The normalized spacial score (nSPS) is 18.3. The molecule has 0 unspecified atom stereocenters. The van der Waals surface area contributed by atoms with Gasteiger partial charge in [0, 0.05) is 30.2 Å². The highest BCUT2D eigenvalue weighted by molar-refractivity contribution is 7.89. The summed E-state index contributed by atoms with van der Waals surface area (Å²) < 4.78 is 25.4. The zero-order chi connectivity index (χ0) is 21.5. The second kappa shape index (κ2) is 10.1. The van der Waals surface area contributed by atoms with Crippen molar-refractivity contribution in [3.63, 3.8) is 0 Å². The molecule has 0 aromatic carbocycles. The Bertz CT molecular complexity index is 845. The molecular formula is C21H29ClN2O3S. The molecule has 1 saturated heterocycles. The predicted octanol–water partition coefficient (Wildman–Crippen LogP) is 3.46. The Morgan fingerprint density at radius 3 is 2.54 bits per heavy atom. The minimum Gasteiger partial charge on any atom is -0.327 e. The Hall–Kier alpha value is -1.81. The molecule has 7 heteroatoms. The summed E-state index contributed by atoms with van der Waals surface area (Å²) in [7, 11) is -3.24. The standard InChI is InChI=1S/C21H29ClN2O3S/c1-7-10-20(25)24(21(5,6)17(3)15-18(4)22)13-11-19(8-2)16-23-12-9-14-28(23,26)27/h2,7,10-11,15H,4,9,12-14,16H2,1,3,5-6H3/b10-7+,17-15+,19-11+. The molecule has 0 aromatic rings. The molecule has 1 rings (SSSR count). The van der Waals surface area contributed by atoms with Gasteiger partial charge in [-0.25, -0.2) is 8.42 Å². The van der Waals surface area contributed by atoms with Gasteiger partial charge in [0.05, 0.1) is 11.3 Å². The van der Waals surface area contributed by atoms with E-state index in [2.05, 4.69) is 12.5 Å². The number of amides is 1. The lowest BCUT2D eigenvalue weighted by atomic mass is 9.92. The van der Waals surface area contributed by atoms with Crippen LogP contribution in [0.4, 0.5) is 0 Å². The maximum absolute atomic E-state index is 12.7. The van der Waals surface area contributed by atoms with Crippen molar-refractivity contribution in [2.75, 3.05) is 25.4 Å². The van der Waals surface area contributed by atoms with E-state index in [9.17, 15) is 13.2 Å². The van der Waals surface area contributed by atoms with Gasteiger partial charge in [-0.2, -0.15) is 4.31 Å². The molecule has 0 atom stereocenters. The summed E-state index contributed by atoms with van der Waals surface area (Å²) in [4.78, 5) is 14.4. The van der Waals surface area contributed by atoms with Crippen LogP contribution in [0.3, 0.4) is 0 Å². The lowest BCUT2D eigenvalue weighted by Crippen LogP contribution is -2.48. The highest BCUT2D eigenvalue weighted by Gasteiger charge is 2.31. The van der Waals surface area contributed by atoms with Gasteiger partial charge in [-0.3, -0.25) is 4.79 Å². The number of carbonyl (C=O) groups is 1. The molecule has 1 aliphatic heterocycles. The van der Waals surface area contributed by atoms with Gasteiger partial charge >= 0.3 is 0 Å². The monoisotopic (exact) mass is 424 g/mol. The molecule has 0 N–H and O–H groups in total. The molecule has 5 nitrogen and oxygen atoms in total. The summed E-state index contributed by atoms with van der Waals surface area (Å²) in [6.07, 6.45) is 12.8. The van der Waals surface area contributed by atoms with E-state index in [1.807, 2.05) is 20.8 Å². The molecule has 0 spiro atoms. The average Bonchev–Trinajstić information content (AvgIpc) is 2.91. The topological polar surface area (TPSA) is 57.7 Å². The lowest BCUT2D eigenvalue weighted by molar-refractivity contribution is -0.129. The number of rotatable bonds is 8. The van der Waals surface area contributed by atoms with Crippen LogP contribution in [0.25, 0.3) is 0 Å². The van der Waals surface area contributed by atoms with Crippen molar-refractivity contribution in [2.45, 2.75) is 39.7 Å². The van der Waals surface area contributed by atoms with Crippen LogP contribution in [0.5, 0.6) is 0 Å². The fourth-order valence-electron chi connectivity index (χ4n) is 2.88. The van der Waals surface area contributed by atoms with Crippen LogP contribution in [0.1, 0.15) is 34.1 Å². The molecule has 28 heavy (non-hydrogen) atoms. The van der Waals surface area contributed by atoms with Crippen LogP contribution in [0.15, 0.2) is 47.1 Å². The Kier molecular flexibility index (Phi) is 8.75. The summed E-state index contributed by atoms with van der Waals surface area (Å²) in [5.74, 6) is 2.53. The van der Waals surface area contributed by atoms with Crippen LogP contribution < -0.4 is 0 Å².